The van der Waals surface area contributed by atoms with E-state index in [1.807, 2.05) is 30.3 Å². The third-order valence-electron chi connectivity index (χ3n) is 6.41. The maximum atomic E-state index is 12.6. The molecular weight excluding hydrogens is 414 g/mol. The standard InChI is InChI=1S/C23H31NO6Si/c1-4-31(5-2,6-3)30-20-14-18(25)12-13-23(20)15-19(21(26)29-23)24-22(27)28-16-17-10-8-7-9-11-17/h7-13,19-20H,4-6,14-16H2,1-3H3,(H,24,27)/t19-,20-,23+/m0/s1. The fraction of sp³-hybridized carbons (Fsp3) is 0.522. The summed E-state index contributed by atoms with van der Waals surface area (Å²) in [6.45, 7) is 6.44. The summed E-state index contributed by atoms with van der Waals surface area (Å²) in [7, 11) is -2.04. The molecule has 168 valence electrons. The topological polar surface area (TPSA) is 90.9 Å². The van der Waals surface area contributed by atoms with Gasteiger partial charge in [0.15, 0.2) is 19.7 Å². The van der Waals surface area contributed by atoms with Crippen LogP contribution in [0.2, 0.25) is 18.1 Å². The summed E-state index contributed by atoms with van der Waals surface area (Å²) in [5.41, 5.74) is -0.189. The van der Waals surface area contributed by atoms with Gasteiger partial charge in [0, 0.05) is 12.8 Å². The molecule has 1 saturated heterocycles. The number of rotatable bonds is 8. The van der Waals surface area contributed by atoms with Crippen molar-refractivity contribution in [2.75, 3.05) is 0 Å². The van der Waals surface area contributed by atoms with Crippen molar-refractivity contribution in [3.8, 4) is 0 Å². The van der Waals surface area contributed by atoms with E-state index >= 15 is 0 Å². The molecule has 1 N–H and O–H groups in total. The van der Waals surface area contributed by atoms with E-state index in [-0.39, 0.29) is 25.2 Å². The lowest BCUT2D eigenvalue weighted by Gasteiger charge is -2.41. The molecule has 1 aromatic rings. The number of ether oxygens (including phenoxy) is 2. The van der Waals surface area contributed by atoms with Crippen LogP contribution in [-0.4, -0.2) is 43.9 Å². The highest BCUT2D eigenvalue weighted by Crippen LogP contribution is 2.40. The molecule has 8 heteroatoms. The van der Waals surface area contributed by atoms with Crippen LogP contribution in [0.5, 0.6) is 0 Å². The van der Waals surface area contributed by atoms with Gasteiger partial charge in [-0.15, -0.1) is 0 Å². The lowest BCUT2D eigenvalue weighted by molar-refractivity contribution is -0.154. The number of allylic oxidation sites excluding steroid dienone is 1. The van der Waals surface area contributed by atoms with E-state index in [1.54, 1.807) is 6.08 Å². The Morgan fingerprint density at radius 1 is 1.16 bits per heavy atom. The van der Waals surface area contributed by atoms with Crippen LogP contribution in [-0.2, 0) is 30.1 Å². The molecule has 1 spiro atoms. The van der Waals surface area contributed by atoms with Crippen molar-refractivity contribution in [2.45, 2.75) is 76.1 Å². The summed E-state index contributed by atoms with van der Waals surface area (Å²) in [5, 5.41) is 2.61. The monoisotopic (exact) mass is 445 g/mol. The Labute approximate surface area is 184 Å². The van der Waals surface area contributed by atoms with Crippen molar-refractivity contribution >= 4 is 26.2 Å². The summed E-state index contributed by atoms with van der Waals surface area (Å²) >= 11 is 0. The van der Waals surface area contributed by atoms with E-state index in [0.717, 1.165) is 23.7 Å². The molecule has 0 radical (unpaired) electrons. The Morgan fingerprint density at radius 2 is 1.84 bits per heavy atom. The summed E-state index contributed by atoms with van der Waals surface area (Å²) < 4.78 is 17.6. The molecule has 1 aliphatic carbocycles. The van der Waals surface area contributed by atoms with Gasteiger partial charge in [-0.2, -0.15) is 0 Å². The fourth-order valence-electron chi connectivity index (χ4n) is 4.23. The second kappa shape index (κ2) is 9.78. The van der Waals surface area contributed by atoms with E-state index in [0.29, 0.717) is 0 Å². The van der Waals surface area contributed by atoms with Gasteiger partial charge in [-0.05, 0) is 35.8 Å². The van der Waals surface area contributed by atoms with E-state index in [1.165, 1.54) is 6.08 Å². The number of benzene rings is 1. The van der Waals surface area contributed by atoms with Crippen LogP contribution in [0.25, 0.3) is 0 Å². The number of carbonyl (C=O) groups excluding carboxylic acids is 3. The maximum absolute atomic E-state index is 12.6. The number of amides is 1. The van der Waals surface area contributed by atoms with E-state index < -0.39 is 38.1 Å². The molecule has 2 aliphatic rings. The quantitative estimate of drug-likeness (QED) is 0.482. The Hall–Kier alpha value is -2.45. The minimum atomic E-state index is -2.04. The molecule has 1 heterocycles. The highest BCUT2D eigenvalue weighted by Gasteiger charge is 2.55. The summed E-state index contributed by atoms with van der Waals surface area (Å²) in [6.07, 6.45) is 2.25. The van der Waals surface area contributed by atoms with Crippen LogP contribution >= 0.6 is 0 Å². The number of carbonyl (C=O) groups is 3. The van der Waals surface area contributed by atoms with Gasteiger partial charge < -0.3 is 19.2 Å². The van der Waals surface area contributed by atoms with Gasteiger partial charge in [0.1, 0.15) is 12.6 Å². The number of hydrogen-bond donors (Lipinski definition) is 1. The largest absolute Gasteiger partial charge is 0.450 e. The average molecular weight is 446 g/mol. The number of nitrogens with one attached hydrogen (secondary N) is 1. The van der Waals surface area contributed by atoms with Crippen molar-refractivity contribution in [2.24, 2.45) is 0 Å². The highest BCUT2D eigenvalue weighted by molar-refractivity contribution is 6.73. The third-order valence-corrected chi connectivity index (χ3v) is 11.1. The van der Waals surface area contributed by atoms with Crippen molar-refractivity contribution in [3.05, 3.63) is 48.0 Å². The summed E-state index contributed by atoms with van der Waals surface area (Å²) in [5.74, 6) is -0.586. The molecule has 0 unspecified atom stereocenters. The molecule has 1 aliphatic heterocycles. The number of hydrogen-bond acceptors (Lipinski definition) is 6. The first-order chi connectivity index (χ1) is 14.8. The van der Waals surface area contributed by atoms with Crippen molar-refractivity contribution in [1.29, 1.82) is 0 Å². The predicted molar refractivity (Wildman–Crippen MR) is 118 cm³/mol. The van der Waals surface area contributed by atoms with Gasteiger partial charge in [0.05, 0.1) is 6.10 Å². The van der Waals surface area contributed by atoms with Gasteiger partial charge in [0.2, 0.25) is 0 Å². The van der Waals surface area contributed by atoms with Crippen molar-refractivity contribution < 1.29 is 28.3 Å². The zero-order valence-electron chi connectivity index (χ0n) is 18.4. The zero-order chi connectivity index (χ0) is 22.5. The molecular formula is C23H31NO6Si. The molecule has 1 aromatic carbocycles. The Bertz CT molecular complexity index is 829. The number of esters is 1. The zero-order valence-corrected chi connectivity index (χ0v) is 19.4. The minimum absolute atomic E-state index is 0.0448. The molecule has 3 rings (SSSR count). The number of ketones is 1. The first-order valence-electron chi connectivity index (χ1n) is 10.9. The van der Waals surface area contributed by atoms with Gasteiger partial charge in [-0.3, -0.25) is 4.79 Å². The SMILES string of the molecule is CC[Si](CC)(CC)O[C@H]1CC(=O)C=C[C@@]12C[C@H](NC(=O)OCc1ccccc1)C(=O)O2. The third kappa shape index (κ3) is 5.24. The molecule has 1 amide bonds. The summed E-state index contributed by atoms with van der Waals surface area (Å²) in [6, 6.07) is 11.2. The Kier molecular flexibility index (Phi) is 7.33. The van der Waals surface area contributed by atoms with Crippen LogP contribution in [0.4, 0.5) is 4.79 Å². The second-order valence-electron chi connectivity index (χ2n) is 8.19. The van der Waals surface area contributed by atoms with Gasteiger partial charge in [-0.1, -0.05) is 51.1 Å². The van der Waals surface area contributed by atoms with Crippen molar-refractivity contribution in [3.63, 3.8) is 0 Å². The van der Waals surface area contributed by atoms with E-state index in [2.05, 4.69) is 26.1 Å². The van der Waals surface area contributed by atoms with Crippen LogP contribution in [0.1, 0.15) is 39.2 Å². The molecule has 7 nitrogen and oxygen atoms in total. The molecule has 0 aromatic heterocycles. The van der Waals surface area contributed by atoms with Crippen LogP contribution in [0.3, 0.4) is 0 Å². The number of alkyl carbamates (subject to hydrolysis) is 1. The van der Waals surface area contributed by atoms with Crippen molar-refractivity contribution in [1.82, 2.24) is 5.32 Å². The Balaban J connectivity index is 1.69. The molecule has 0 bridgehead atoms. The molecule has 3 atom stereocenters. The van der Waals surface area contributed by atoms with E-state index in [4.69, 9.17) is 13.9 Å². The Morgan fingerprint density at radius 3 is 2.48 bits per heavy atom. The average Bonchev–Trinajstić information content (AvgIpc) is 3.09. The first kappa shape index (κ1) is 23.2. The molecule has 31 heavy (non-hydrogen) atoms. The van der Waals surface area contributed by atoms with Gasteiger partial charge in [0.25, 0.3) is 0 Å². The lowest BCUT2D eigenvalue weighted by Crippen LogP contribution is -2.52. The molecule has 0 saturated carbocycles. The first-order valence-corrected chi connectivity index (χ1v) is 13.5. The minimum Gasteiger partial charge on any atom is -0.450 e. The smallest absolute Gasteiger partial charge is 0.408 e. The second-order valence-corrected chi connectivity index (χ2v) is 12.9. The fourth-order valence-corrected chi connectivity index (χ4v) is 7.11. The van der Waals surface area contributed by atoms with E-state index in [9.17, 15) is 14.4 Å². The van der Waals surface area contributed by atoms with Gasteiger partial charge in [-0.25, -0.2) is 9.59 Å². The lowest BCUT2D eigenvalue weighted by atomic mass is 9.84. The molecule has 1 fully saturated rings. The highest BCUT2D eigenvalue weighted by atomic mass is 28.4. The maximum Gasteiger partial charge on any atom is 0.408 e. The normalized spacial score (nSPS) is 25.5. The van der Waals surface area contributed by atoms with Crippen LogP contribution in [0, 0.1) is 0 Å². The van der Waals surface area contributed by atoms with Crippen LogP contribution < -0.4 is 5.32 Å². The summed E-state index contributed by atoms with van der Waals surface area (Å²) in [4.78, 5) is 37.0. The van der Waals surface area contributed by atoms with Crippen LogP contribution in [0.15, 0.2) is 42.5 Å². The predicted octanol–water partition coefficient (Wildman–Crippen LogP) is 3.89. The van der Waals surface area contributed by atoms with Gasteiger partial charge >= 0.3 is 12.1 Å².